The minimum absolute atomic E-state index is 0.0243. The highest BCUT2D eigenvalue weighted by atomic mass is 35.5. The van der Waals surface area contributed by atoms with Crippen LogP contribution in [0.5, 0.6) is 0 Å². The molecule has 0 saturated carbocycles. The van der Waals surface area contributed by atoms with E-state index in [1.165, 1.54) is 0 Å². The van der Waals surface area contributed by atoms with Crippen LogP contribution in [0.1, 0.15) is 51.2 Å². The fraction of sp³-hybridized carbons (Fsp3) is 0.389. The largest absolute Gasteiger partial charge is 0.444 e. The second-order valence-corrected chi connectivity index (χ2v) is 13.3. The first-order valence-corrected chi connectivity index (χ1v) is 17.0. The van der Waals surface area contributed by atoms with E-state index in [1.54, 1.807) is 87.5 Å². The van der Waals surface area contributed by atoms with Crippen molar-refractivity contribution in [1.29, 1.82) is 0 Å². The summed E-state index contributed by atoms with van der Waals surface area (Å²) in [6.07, 6.45) is -2.31. The summed E-state index contributed by atoms with van der Waals surface area (Å²) in [4.78, 5) is 53.7. The third kappa shape index (κ3) is 13.2. The Morgan fingerprint density at radius 1 is 0.860 bits per heavy atom. The van der Waals surface area contributed by atoms with Gasteiger partial charge in [0.2, 0.25) is 11.8 Å². The highest BCUT2D eigenvalue weighted by Crippen LogP contribution is 2.33. The number of carbonyl (C=O) groups is 4. The van der Waals surface area contributed by atoms with E-state index in [1.807, 2.05) is 6.07 Å². The van der Waals surface area contributed by atoms with E-state index in [-0.39, 0.29) is 38.4 Å². The Balaban J connectivity index is 1.64. The van der Waals surface area contributed by atoms with Gasteiger partial charge in [0.15, 0.2) is 0 Å². The smallest absolute Gasteiger partial charge is 0.420 e. The summed E-state index contributed by atoms with van der Waals surface area (Å²) >= 11 is 12.6. The molecular formula is C36H45Cl2N5O7. The Labute approximate surface area is 302 Å². The minimum atomic E-state index is -1.32. The Morgan fingerprint density at radius 2 is 1.50 bits per heavy atom. The number of nitrogens with two attached hydrogens (primary N) is 1. The average Bonchev–Trinajstić information content (AvgIpc) is 3.07. The predicted octanol–water partition coefficient (Wildman–Crippen LogP) is 5.94. The van der Waals surface area contributed by atoms with Gasteiger partial charge in [0, 0.05) is 18.8 Å². The van der Waals surface area contributed by atoms with Crippen molar-refractivity contribution in [3.8, 4) is 0 Å². The van der Waals surface area contributed by atoms with E-state index in [4.69, 9.17) is 38.4 Å². The normalized spacial score (nSPS) is 12.3. The molecule has 0 aromatic heterocycles. The summed E-state index contributed by atoms with van der Waals surface area (Å²) < 4.78 is 10.9. The van der Waals surface area contributed by atoms with E-state index in [2.05, 4.69) is 16.0 Å². The molecule has 3 aromatic rings. The number of rotatable bonds is 16. The van der Waals surface area contributed by atoms with E-state index in [0.717, 1.165) is 0 Å². The minimum Gasteiger partial charge on any atom is -0.444 e. The van der Waals surface area contributed by atoms with E-state index >= 15 is 0 Å². The number of aliphatic hydroxyl groups is 1. The molecule has 3 rings (SSSR count). The molecule has 0 spiro atoms. The fourth-order valence-corrected chi connectivity index (χ4v) is 5.20. The van der Waals surface area contributed by atoms with Gasteiger partial charge in [0.25, 0.3) is 0 Å². The Morgan fingerprint density at radius 3 is 2.16 bits per heavy atom. The molecule has 50 heavy (non-hydrogen) atoms. The molecule has 0 fully saturated rings. The molecule has 14 heteroatoms. The van der Waals surface area contributed by atoms with Crippen LogP contribution in [0.3, 0.4) is 0 Å². The molecule has 0 bridgehead atoms. The lowest BCUT2D eigenvalue weighted by atomic mass is 10.1. The van der Waals surface area contributed by atoms with Gasteiger partial charge in [-0.25, -0.2) is 9.59 Å². The van der Waals surface area contributed by atoms with Crippen molar-refractivity contribution >= 4 is 58.6 Å². The van der Waals surface area contributed by atoms with E-state index < -0.39 is 35.8 Å². The summed E-state index contributed by atoms with van der Waals surface area (Å²) in [5.74, 6) is -1.10. The van der Waals surface area contributed by atoms with E-state index in [0.29, 0.717) is 56.8 Å². The molecule has 0 aliphatic heterocycles. The lowest BCUT2D eigenvalue weighted by molar-refractivity contribution is -0.126. The van der Waals surface area contributed by atoms with Crippen LogP contribution in [-0.4, -0.2) is 71.4 Å². The third-order valence-electron chi connectivity index (χ3n) is 7.18. The van der Waals surface area contributed by atoms with Crippen LogP contribution < -0.4 is 21.7 Å². The molecule has 4 amide bonds. The number of halogens is 2. The van der Waals surface area contributed by atoms with Crippen molar-refractivity contribution in [2.45, 2.75) is 70.8 Å². The zero-order chi connectivity index (χ0) is 36.7. The van der Waals surface area contributed by atoms with Crippen molar-refractivity contribution < 1.29 is 33.8 Å². The van der Waals surface area contributed by atoms with Gasteiger partial charge < -0.3 is 36.3 Å². The molecule has 2 atom stereocenters. The Bertz CT molecular complexity index is 1570. The topological polar surface area (TPSA) is 172 Å². The van der Waals surface area contributed by atoms with Crippen LogP contribution in [0.2, 0.25) is 10.0 Å². The number of nitrogens with one attached hydrogen (secondary N) is 3. The maximum Gasteiger partial charge on any atom is 0.420 e. The number of aliphatic hydroxyl groups excluding tert-OH is 1. The molecule has 0 aliphatic carbocycles. The van der Waals surface area contributed by atoms with Gasteiger partial charge in [-0.15, -0.1) is 0 Å². The number of carbonyl (C=O) groups excluding carboxylic acids is 4. The van der Waals surface area contributed by atoms with Gasteiger partial charge in [-0.05, 0) is 75.9 Å². The standard InChI is InChI=1S/C36H45Cl2N5O7/c1-36(2,3)50-35(48)43(34(47)49-23-24-12-5-4-6-13-24)30(18-9-10-19-39)33(46)41-22-26(44)21-40-31(45)20-25-14-7-8-17-29(25)42-32-27(37)15-11-16-28(32)38/h4-8,11-17,26,30,42,44H,9-10,18-23,39H2,1-3H3,(H,40,45)(H,41,46)/t26?,30-/m0/s1. The average molecular weight is 731 g/mol. The SMILES string of the molecule is CC(C)(C)OC(=O)N(C(=O)OCc1ccccc1)[C@@H](CCCCN)C(=O)NCC(O)CNC(=O)Cc1ccccc1Nc1c(Cl)cccc1Cl. The van der Waals surface area contributed by atoms with Gasteiger partial charge in [0.05, 0.1) is 28.3 Å². The predicted molar refractivity (Wildman–Crippen MR) is 193 cm³/mol. The number of benzene rings is 3. The maximum absolute atomic E-state index is 13.5. The zero-order valence-electron chi connectivity index (χ0n) is 28.4. The summed E-state index contributed by atoms with van der Waals surface area (Å²) in [5, 5.41) is 19.9. The van der Waals surface area contributed by atoms with Gasteiger partial charge in [-0.2, -0.15) is 4.90 Å². The van der Waals surface area contributed by atoms with Gasteiger partial charge >= 0.3 is 12.2 Å². The van der Waals surface area contributed by atoms with Gasteiger partial charge in [-0.1, -0.05) is 77.8 Å². The van der Waals surface area contributed by atoms with Crippen LogP contribution in [0.25, 0.3) is 0 Å². The molecule has 12 nitrogen and oxygen atoms in total. The summed E-state index contributed by atoms with van der Waals surface area (Å²) in [6, 6.07) is 19.8. The molecule has 270 valence electrons. The first kappa shape index (κ1) is 40.1. The van der Waals surface area contributed by atoms with Crippen molar-refractivity contribution in [2.24, 2.45) is 5.73 Å². The second kappa shape index (κ2) is 19.7. The summed E-state index contributed by atoms with van der Waals surface area (Å²) in [7, 11) is 0. The number of nitrogens with zero attached hydrogens (tertiary/aromatic N) is 1. The highest BCUT2D eigenvalue weighted by Gasteiger charge is 2.38. The second-order valence-electron chi connectivity index (χ2n) is 12.4. The van der Waals surface area contributed by atoms with Crippen LogP contribution in [0.4, 0.5) is 21.0 Å². The van der Waals surface area contributed by atoms with Crippen molar-refractivity contribution in [1.82, 2.24) is 15.5 Å². The first-order valence-electron chi connectivity index (χ1n) is 16.2. The molecular weight excluding hydrogens is 685 g/mol. The lowest BCUT2D eigenvalue weighted by Gasteiger charge is -2.31. The first-order chi connectivity index (χ1) is 23.8. The monoisotopic (exact) mass is 729 g/mol. The van der Waals surface area contributed by atoms with E-state index in [9.17, 15) is 24.3 Å². The maximum atomic E-state index is 13.5. The molecule has 0 saturated heterocycles. The number of hydrogen-bond donors (Lipinski definition) is 5. The van der Waals surface area contributed by atoms with Crippen LogP contribution in [0.15, 0.2) is 72.8 Å². The number of imide groups is 1. The fourth-order valence-electron chi connectivity index (χ4n) is 4.71. The highest BCUT2D eigenvalue weighted by molar-refractivity contribution is 6.39. The van der Waals surface area contributed by atoms with Crippen molar-refractivity contribution in [3.05, 3.63) is 94.0 Å². The van der Waals surface area contributed by atoms with Crippen LogP contribution in [0, 0.1) is 0 Å². The number of anilines is 2. The number of hydrogen-bond acceptors (Lipinski definition) is 9. The van der Waals surface area contributed by atoms with Crippen LogP contribution in [-0.2, 0) is 32.1 Å². The van der Waals surface area contributed by atoms with Gasteiger partial charge in [0.1, 0.15) is 18.2 Å². The van der Waals surface area contributed by atoms with Crippen LogP contribution >= 0.6 is 23.2 Å². The molecule has 3 aromatic carbocycles. The number of unbranched alkanes of at least 4 members (excludes halogenated alkanes) is 1. The molecule has 6 N–H and O–H groups in total. The molecule has 1 unspecified atom stereocenters. The lowest BCUT2D eigenvalue weighted by Crippen LogP contribution is -2.54. The molecule has 0 aliphatic rings. The quantitative estimate of drug-likeness (QED) is 0.112. The number of para-hydroxylation sites is 2. The van der Waals surface area contributed by atoms with Crippen molar-refractivity contribution in [2.75, 3.05) is 25.0 Å². The summed E-state index contributed by atoms with van der Waals surface area (Å²) in [6.45, 7) is 4.64. The van der Waals surface area contributed by atoms with Crippen molar-refractivity contribution in [3.63, 3.8) is 0 Å². The summed E-state index contributed by atoms with van der Waals surface area (Å²) in [5.41, 5.74) is 7.17. The molecule has 0 heterocycles. The Hall–Kier alpha value is -4.36. The van der Waals surface area contributed by atoms with Gasteiger partial charge in [-0.3, -0.25) is 9.59 Å². The molecule has 0 radical (unpaired) electrons. The Kier molecular flexibility index (Phi) is 15.8. The number of amides is 4. The third-order valence-corrected chi connectivity index (χ3v) is 7.81. The number of ether oxygens (including phenoxy) is 2. The zero-order valence-corrected chi connectivity index (χ0v) is 29.9.